The first-order chi connectivity index (χ1) is 14.1. The zero-order valence-corrected chi connectivity index (χ0v) is 18.7. The lowest BCUT2D eigenvalue weighted by Gasteiger charge is -2.19. The van der Waals surface area contributed by atoms with Crippen molar-refractivity contribution in [3.8, 4) is 5.75 Å². The van der Waals surface area contributed by atoms with Crippen molar-refractivity contribution in [2.45, 2.75) is 11.4 Å². The van der Waals surface area contributed by atoms with E-state index in [2.05, 4.69) is 0 Å². The number of benzene rings is 2. The highest BCUT2D eigenvalue weighted by atomic mass is 35.5. The Morgan fingerprint density at radius 1 is 1.07 bits per heavy atom. The van der Waals surface area contributed by atoms with E-state index in [1.165, 1.54) is 31.1 Å². The smallest absolute Gasteiger partial charge is 0.338 e. The summed E-state index contributed by atoms with van der Waals surface area (Å²) in [6.45, 7) is -0.227. The molecule has 0 heterocycles. The number of hydrogen-bond donors (Lipinski definition) is 0. The standard InChI is InChI=1S/C20H23ClN2O6S/c1-22(2)30(26,27)18-11-14(9-10-16(18)21)20(25)29-13-19(24)23(3)12-15-7-5-6-8-17(15)28-4/h5-11H,12-13H2,1-4H3. The quantitative estimate of drug-likeness (QED) is 0.569. The van der Waals surface area contributed by atoms with Crippen LogP contribution in [0.3, 0.4) is 0 Å². The zero-order valence-electron chi connectivity index (χ0n) is 17.1. The van der Waals surface area contributed by atoms with E-state index in [0.29, 0.717) is 5.75 Å². The van der Waals surface area contributed by atoms with E-state index in [9.17, 15) is 18.0 Å². The molecule has 2 aromatic carbocycles. The van der Waals surface area contributed by atoms with E-state index in [-0.39, 0.29) is 22.0 Å². The number of nitrogens with zero attached hydrogens (tertiary/aromatic N) is 2. The Balaban J connectivity index is 2.06. The Labute approximate surface area is 181 Å². The molecule has 2 rings (SSSR count). The van der Waals surface area contributed by atoms with Gasteiger partial charge in [0.25, 0.3) is 5.91 Å². The molecule has 10 heteroatoms. The second-order valence-electron chi connectivity index (χ2n) is 6.57. The van der Waals surface area contributed by atoms with Crippen LogP contribution in [-0.2, 0) is 26.1 Å². The monoisotopic (exact) mass is 454 g/mol. The summed E-state index contributed by atoms with van der Waals surface area (Å²) in [5, 5.41) is -0.0205. The molecule has 0 N–H and O–H groups in total. The number of methoxy groups -OCH3 is 1. The summed E-state index contributed by atoms with van der Waals surface area (Å²) in [5.41, 5.74) is 0.776. The van der Waals surface area contributed by atoms with E-state index in [1.54, 1.807) is 20.2 Å². The Bertz CT molecular complexity index is 1040. The summed E-state index contributed by atoms with van der Waals surface area (Å²) in [4.78, 5) is 25.8. The van der Waals surface area contributed by atoms with Crippen LogP contribution in [-0.4, -0.2) is 64.4 Å². The molecule has 0 aromatic heterocycles. The minimum absolute atomic E-state index is 0.0205. The van der Waals surface area contributed by atoms with Gasteiger partial charge in [-0.15, -0.1) is 0 Å². The lowest BCUT2D eigenvalue weighted by molar-refractivity contribution is -0.133. The first-order valence-corrected chi connectivity index (χ1v) is 10.6. The normalized spacial score (nSPS) is 11.3. The second-order valence-corrected chi connectivity index (χ2v) is 9.10. The lowest BCUT2D eigenvalue weighted by atomic mass is 10.2. The van der Waals surface area contributed by atoms with E-state index in [1.807, 2.05) is 18.2 Å². The average Bonchev–Trinajstić information content (AvgIpc) is 2.72. The lowest BCUT2D eigenvalue weighted by Crippen LogP contribution is -2.31. The van der Waals surface area contributed by atoms with Crippen molar-refractivity contribution >= 4 is 33.5 Å². The van der Waals surface area contributed by atoms with Crippen LogP contribution < -0.4 is 4.74 Å². The molecule has 0 atom stereocenters. The van der Waals surface area contributed by atoms with Gasteiger partial charge in [0.15, 0.2) is 6.61 Å². The van der Waals surface area contributed by atoms with Crippen LogP contribution in [0.1, 0.15) is 15.9 Å². The number of amides is 1. The van der Waals surface area contributed by atoms with Gasteiger partial charge in [0.1, 0.15) is 10.6 Å². The number of ether oxygens (including phenoxy) is 2. The molecule has 0 aliphatic rings. The fourth-order valence-corrected chi connectivity index (χ4v) is 3.92. The topological polar surface area (TPSA) is 93.2 Å². The molecule has 162 valence electrons. The number of para-hydroxylation sites is 1. The summed E-state index contributed by atoms with van der Waals surface area (Å²) >= 11 is 5.97. The Morgan fingerprint density at radius 2 is 1.73 bits per heavy atom. The van der Waals surface area contributed by atoms with Crippen LogP contribution in [0, 0.1) is 0 Å². The number of hydrogen-bond acceptors (Lipinski definition) is 6. The van der Waals surface area contributed by atoms with Gasteiger partial charge >= 0.3 is 5.97 Å². The number of sulfonamides is 1. The average molecular weight is 455 g/mol. The third-order valence-corrected chi connectivity index (χ3v) is 6.57. The number of rotatable bonds is 8. The highest BCUT2D eigenvalue weighted by Crippen LogP contribution is 2.25. The maximum absolute atomic E-state index is 12.3. The second kappa shape index (κ2) is 9.92. The molecule has 0 saturated heterocycles. The van der Waals surface area contributed by atoms with Crippen LogP contribution in [0.4, 0.5) is 0 Å². The Hall–Kier alpha value is -2.62. The van der Waals surface area contributed by atoms with Gasteiger partial charge in [-0.2, -0.15) is 0 Å². The van der Waals surface area contributed by atoms with Crippen LogP contribution >= 0.6 is 11.6 Å². The van der Waals surface area contributed by atoms with Crippen LogP contribution in [0.15, 0.2) is 47.4 Å². The van der Waals surface area contributed by atoms with Crippen molar-refractivity contribution in [1.82, 2.24) is 9.21 Å². The third-order valence-electron chi connectivity index (χ3n) is 4.28. The zero-order chi connectivity index (χ0) is 22.5. The predicted molar refractivity (Wildman–Crippen MR) is 112 cm³/mol. The van der Waals surface area contributed by atoms with E-state index in [0.717, 1.165) is 15.9 Å². The molecule has 0 aliphatic carbocycles. The minimum Gasteiger partial charge on any atom is -0.496 e. The summed E-state index contributed by atoms with van der Waals surface area (Å²) in [6.07, 6.45) is 0. The van der Waals surface area contributed by atoms with Crippen molar-refractivity contribution < 1.29 is 27.5 Å². The fourth-order valence-electron chi connectivity index (χ4n) is 2.52. The maximum Gasteiger partial charge on any atom is 0.338 e. The van der Waals surface area contributed by atoms with Gasteiger partial charge in [0.05, 0.1) is 17.7 Å². The summed E-state index contributed by atoms with van der Waals surface area (Å²) < 4.78 is 36.0. The number of esters is 1. The van der Waals surface area contributed by atoms with Crippen molar-refractivity contribution in [3.05, 3.63) is 58.6 Å². The predicted octanol–water partition coefficient (Wildman–Crippen LogP) is 2.41. The van der Waals surface area contributed by atoms with Crippen molar-refractivity contribution in [2.24, 2.45) is 0 Å². The minimum atomic E-state index is -3.84. The summed E-state index contributed by atoms with van der Waals surface area (Å²) in [6, 6.07) is 11.0. The van der Waals surface area contributed by atoms with Crippen LogP contribution in [0.25, 0.3) is 0 Å². The molecule has 1 amide bonds. The van der Waals surface area contributed by atoms with Gasteiger partial charge in [-0.1, -0.05) is 29.8 Å². The number of carbonyl (C=O) groups excluding carboxylic acids is 2. The van der Waals surface area contributed by atoms with Gasteiger partial charge in [-0.05, 0) is 24.3 Å². The SMILES string of the molecule is COc1ccccc1CN(C)C(=O)COC(=O)c1ccc(Cl)c(S(=O)(=O)N(C)C)c1. The molecule has 0 spiro atoms. The van der Waals surface area contributed by atoms with Gasteiger partial charge in [-0.3, -0.25) is 4.79 Å². The van der Waals surface area contributed by atoms with Crippen molar-refractivity contribution in [1.29, 1.82) is 0 Å². The number of likely N-dealkylation sites (N-methyl/N-ethyl adjacent to an activating group) is 1. The number of carbonyl (C=O) groups is 2. The van der Waals surface area contributed by atoms with E-state index in [4.69, 9.17) is 21.1 Å². The Morgan fingerprint density at radius 3 is 2.37 bits per heavy atom. The first kappa shape index (κ1) is 23.7. The molecule has 30 heavy (non-hydrogen) atoms. The maximum atomic E-state index is 12.3. The molecule has 0 radical (unpaired) electrons. The van der Waals surface area contributed by atoms with Crippen LogP contribution in [0.2, 0.25) is 5.02 Å². The first-order valence-electron chi connectivity index (χ1n) is 8.83. The molecule has 0 aliphatic heterocycles. The molecule has 0 bridgehead atoms. The van der Waals surface area contributed by atoms with E-state index >= 15 is 0 Å². The van der Waals surface area contributed by atoms with Gasteiger partial charge in [-0.25, -0.2) is 17.5 Å². The van der Waals surface area contributed by atoms with E-state index < -0.39 is 28.5 Å². The van der Waals surface area contributed by atoms with Crippen LogP contribution in [0.5, 0.6) is 5.75 Å². The molecule has 0 unspecified atom stereocenters. The van der Waals surface area contributed by atoms with Gasteiger partial charge in [0.2, 0.25) is 10.0 Å². The van der Waals surface area contributed by atoms with Gasteiger partial charge in [0, 0.05) is 33.3 Å². The summed E-state index contributed by atoms with van der Waals surface area (Å²) in [5.74, 6) is -0.616. The molecule has 2 aromatic rings. The molecule has 8 nitrogen and oxygen atoms in total. The molecular weight excluding hydrogens is 432 g/mol. The van der Waals surface area contributed by atoms with Crippen molar-refractivity contribution in [2.75, 3.05) is 34.9 Å². The highest BCUT2D eigenvalue weighted by molar-refractivity contribution is 7.89. The largest absolute Gasteiger partial charge is 0.496 e. The molecule has 0 fully saturated rings. The molecule has 0 saturated carbocycles. The fraction of sp³-hybridized carbons (Fsp3) is 0.300. The molecular formula is C20H23ClN2O6S. The number of halogens is 1. The Kier molecular flexibility index (Phi) is 7.83. The highest BCUT2D eigenvalue weighted by Gasteiger charge is 2.23. The van der Waals surface area contributed by atoms with Crippen molar-refractivity contribution in [3.63, 3.8) is 0 Å². The third kappa shape index (κ3) is 5.50. The van der Waals surface area contributed by atoms with Gasteiger partial charge < -0.3 is 14.4 Å². The summed E-state index contributed by atoms with van der Waals surface area (Å²) in [7, 11) is 1.98.